The molecule has 0 spiro atoms. The van der Waals surface area contributed by atoms with Crippen molar-refractivity contribution in [3.63, 3.8) is 0 Å². The van der Waals surface area contributed by atoms with Crippen LogP contribution in [0.5, 0.6) is 0 Å². The van der Waals surface area contributed by atoms with Gasteiger partial charge in [0, 0.05) is 20.1 Å². The van der Waals surface area contributed by atoms with E-state index in [1.54, 1.807) is 7.05 Å². The number of morpholine rings is 1. The van der Waals surface area contributed by atoms with E-state index in [0.29, 0.717) is 6.54 Å². The van der Waals surface area contributed by atoms with Gasteiger partial charge in [-0.25, -0.2) is 0 Å². The molecule has 1 saturated heterocycles. The lowest BCUT2D eigenvalue weighted by Crippen LogP contribution is -2.48. The molecule has 1 aliphatic rings. The van der Waals surface area contributed by atoms with Gasteiger partial charge in [0.05, 0.1) is 18.1 Å². The normalized spacial score (nSPS) is 18.9. The van der Waals surface area contributed by atoms with Gasteiger partial charge < -0.3 is 15.0 Å². The average Bonchev–Trinajstić information content (AvgIpc) is 2.48. The van der Waals surface area contributed by atoms with Crippen LogP contribution in [-0.2, 0) is 26.9 Å². The number of nitrogens with one attached hydrogen (secondary N) is 1. The van der Waals surface area contributed by atoms with Gasteiger partial charge in [-0.2, -0.15) is 13.2 Å². The molecule has 126 valence electrons. The highest BCUT2D eigenvalue weighted by molar-refractivity contribution is 5.79. The predicted octanol–water partition coefficient (Wildman–Crippen LogP) is 1.22. The molecule has 1 aromatic rings. The second kappa shape index (κ2) is 6.99. The Labute approximate surface area is 131 Å². The largest absolute Gasteiger partial charge is 0.416 e. The molecule has 2 amide bonds. The number of alkyl halides is 3. The Morgan fingerprint density at radius 3 is 2.74 bits per heavy atom. The molecule has 1 fully saturated rings. The lowest BCUT2D eigenvalue weighted by atomic mass is 10.0. The van der Waals surface area contributed by atoms with Crippen molar-refractivity contribution in [1.29, 1.82) is 0 Å². The zero-order valence-corrected chi connectivity index (χ0v) is 12.5. The Hall–Kier alpha value is -2.09. The van der Waals surface area contributed by atoms with Gasteiger partial charge in [-0.3, -0.25) is 9.59 Å². The molecular weight excluding hydrogens is 313 g/mol. The monoisotopic (exact) mass is 330 g/mol. The highest BCUT2D eigenvalue weighted by Crippen LogP contribution is 2.31. The van der Waals surface area contributed by atoms with Crippen LogP contribution in [-0.4, -0.2) is 49.6 Å². The summed E-state index contributed by atoms with van der Waals surface area (Å²) in [5.74, 6) is -0.670. The van der Waals surface area contributed by atoms with E-state index < -0.39 is 17.6 Å². The van der Waals surface area contributed by atoms with Gasteiger partial charge >= 0.3 is 6.18 Å². The summed E-state index contributed by atoms with van der Waals surface area (Å²) in [7, 11) is 1.62. The van der Waals surface area contributed by atoms with Crippen LogP contribution in [0.2, 0.25) is 0 Å². The van der Waals surface area contributed by atoms with Crippen molar-refractivity contribution in [3.8, 4) is 0 Å². The molecule has 0 bridgehead atoms. The van der Waals surface area contributed by atoms with E-state index in [1.807, 2.05) is 0 Å². The summed E-state index contributed by atoms with van der Waals surface area (Å²) in [5, 5.41) is 2.55. The van der Waals surface area contributed by atoms with E-state index in [1.165, 1.54) is 23.1 Å². The predicted molar refractivity (Wildman–Crippen MR) is 75.5 cm³/mol. The number of amides is 2. The zero-order valence-electron chi connectivity index (χ0n) is 12.5. The Morgan fingerprint density at radius 2 is 2.09 bits per heavy atom. The van der Waals surface area contributed by atoms with Crippen LogP contribution >= 0.6 is 0 Å². The van der Waals surface area contributed by atoms with Crippen LogP contribution in [0.15, 0.2) is 24.3 Å². The number of ether oxygens (including phenoxy) is 1. The molecular formula is C15H17F3N2O3. The van der Waals surface area contributed by atoms with Gasteiger partial charge in [-0.1, -0.05) is 18.2 Å². The maximum absolute atomic E-state index is 12.9. The maximum Gasteiger partial charge on any atom is 0.416 e. The topological polar surface area (TPSA) is 58.6 Å². The number of rotatable bonds is 4. The summed E-state index contributed by atoms with van der Waals surface area (Å²) in [6.07, 6.45) is -5.22. The lowest BCUT2D eigenvalue weighted by Gasteiger charge is -2.29. The number of benzene rings is 1. The van der Waals surface area contributed by atoms with Crippen molar-refractivity contribution < 1.29 is 27.5 Å². The maximum atomic E-state index is 12.9. The molecule has 2 rings (SSSR count). The summed E-state index contributed by atoms with van der Waals surface area (Å²) >= 11 is 0. The van der Waals surface area contributed by atoms with Gasteiger partial charge in [0.15, 0.2) is 0 Å². The summed E-state index contributed by atoms with van der Waals surface area (Å²) in [5.41, 5.74) is -0.885. The molecule has 5 nitrogen and oxygen atoms in total. The molecule has 0 radical (unpaired) electrons. The molecule has 0 aliphatic carbocycles. The third-order valence-corrected chi connectivity index (χ3v) is 3.55. The molecule has 1 aliphatic heterocycles. The molecule has 1 heterocycles. The minimum Gasteiger partial charge on any atom is -0.365 e. The van der Waals surface area contributed by atoms with Crippen LogP contribution in [0.3, 0.4) is 0 Å². The summed E-state index contributed by atoms with van der Waals surface area (Å²) in [6.45, 7) is 0.414. The first kappa shape index (κ1) is 17.3. The van der Waals surface area contributed by atoms with E-state index in [-0.39, 0.29) is 37.1 Å². The lowest BCUT2D eigenvalue weighted by molar-refractivity contribution is -0.146. The fourth-order valence-corrected chi connectivity index (χ4v) is 2.30. The van der Waals surface area contributed by atoms with Gasteiger partial charge in [-0.05, 0) is 11.6 Å². The second-order valence-corrected chi connectivity index (χ2v) is 5.34. The SMILES string of the molecule is CN1CC(CNC(=O)Cc2ccccc2C(F)(F)F)OCC1=O. The van der Waals surface area contributed by atoms with E-state index in [9.17, 15) is 22.8 Å². The number of hydrogen-bond donors (Lipinski definition) is 1. The first-order chi connectivity index (χ1) is 10.8. The molecule has 1 aromatic carbocycles. The molecule has 23 heavy (non-hydrogen) atoms. The van der Waals surface area contributed by atoms with Crippen LogP contribution in [0.4, 0.5) is 13.2 Å². The quantitative estimate of drug-likeness (QED) is 0.903. The first-order valence-electron chi connectivity index (χ1n) is 7.04. The van der Waals surface area contributed by atoms with Crippen LogP contribution in [0, 0.1) is 0 Å². The van der Waals surface area contributed by atoms with Crippen molar-refractivity contribution >= 4 is 11.8 Å². The number of likely N-dealkylation sites (N-methyl/N-ethyl adjacent to an activating group) is 1. The molecule has 0 saturated carbocycles. The van der Waals surface area contributed by atoms with Crippen molar-refractivity contribution in [3.05, 3.63) is 35.4 Å². The molecule has 8 heteroatoms. The fourth-order valence-electron chi connectivity index (χ4n) is 2.30. The number of carbonyl (C=O) groups is 2. The molecule has 1 atom stereocenters. The Morgan fingerprint density at radius 1 is 1.39 bits per heavy atom. The van der Waals surface area contributed by atoms with E-state index >= 15 is 0 Å². The van der Waals surface area contributed by atoms with E-state index in [0.717, 1.165) is 6.07 Å². The highest BCUT2D eigenvalue weighted by Gasteiger charge is 2.33. The van der Waals surface area contributed by atoms with Gasteiger partial charge in [0.1, 0.15) is 6.61 Å². The summed E-state index contributed by atoms with van der Waals surface area (Å²) in [4.78, 5) is 24.6. The van der Waals surface area contributed by atoms with Gasteiger partial charge in [0.2, 0.25) is 11.8 Å². The molecule has 1 unspecified atom stereocenters. The molecule has 1 N–H and O–H groups in total. The minimum atomic E-state index is -4.49. The minimum absolute atomic E-state index is 0.0616. The number of carbonyl (C=O) groups excluding carboxylic acids is 2. The van der Waals surface area contributed by atoms with Crippen LogP contribution in [0.25, 0.3) is 0 Å². The van der Waals surface area contributed by atoms with Crippen LogP contribution in [0.1, 0.15) is 11.1 Å². The Balaban J connectivity index is 1.90. The van der Waals surface area contributed by atoms with Gasteiger partial charge in [-0.15, -0.1) is 0 Å². The summed E-state index contributed by atoms with van der Waals surface area (Å²) in [6, 6.07) is 4.98. The van der Waals surface area contributed by atoms with E-state index in [4.69, 9.17) is 4.74 Å². The van der Waals surface area contributed by atoms with Gasteiger partial charge in [0.25, 0.3) is 0 Å². The average molecular weight is 330 g/mol. The number of hydrogen-bond acceptors (Lipinski definition) is 3. The van der Waals surface area contributed by atoms with Crippen molar-refractivity contribution in [2.75, 3.05) is 26.7 Å². The second-order valence-electron chi connectivity index (χ2n) is 5.34. The number of nitrogens with zero attached hydrogens (tertiary/aromatic N) is 1. The third-order valence-electron chi connectivity index (χ3n) is 3.55. The summed E-state index contributed by atoms with van der Waals surface area (Å²) < 4.78 is 43.9. The standard InChI is InChI=1S/C15H17F3N2O3/c1-20-8-11(23-9-14(20)22)7-19-13(21)6-10-4-2-3-5-12(10)15(16,17)18/h2-5,11H,6-9H2,1H3,(H,19,21). The fraction of sp³-hybridized carbons (Fsp3) is 0.467. The van der Waals surface area contributed by atoms with E-state index in [2.05, 4.69) is 5.32 Å². The third kappa shape index (κ3) is 4.69. The van der Waals surface area contributed by atoms with Crippen LogP contribution < -0.4 is 5.32 Å². The first-order valence-corrected chi connectivity index (χ1v) is 7.04. The van der Waals surface area contributed by atoms with Crippen molar-refractivity contribution in [2.45, 2.75) is 18.7 Å². The zero-order chi connectivity index (χ0) is 17.0. The van der Waals surface area contributed by atoms with Crippen molar-refractivity contribution in [2.24, 2.45) is 0 Å². The highest BCUT2D eigenvalue weighted by atomic mass is 19.4. The Bertz CT molecular complexity index is 590. The smallest absolute Gasteiger partial charge is 0.365 e. The van der Waals surface area contributed by atoms with Crippen molar-refractivity contribution in [1.82, 2.24) is 10.2 Å². The number of halogens is 3. The molecule has 0 aromatic heterocycles. The Kier molecular flexibility index (Phi) is 5.25.